The minimum absolute atomic E-state index is 0.156. The quantitative estimate of drug-likeness (QED) is 0.806. The number of amides is 2. The van der Waals surface area contributed by atoms with Gasteiger partial charge in [-0.15, -0.1) is 0 Å². The van der Waals surface area contributed by atoms with Crippen LogP contribution >= 0.6 is 11.8 Å². The molecule has 1 heterocycles. The van der Waals surface area contributed by atoms with Gasteiger partial charge in [-0.05, 0) is 35.5 Å². The van der Waals surface area contributed by atoms with Gasteiger partial charge in [-0.1, -0.05) is 12.1 Å². The summed E-state index contributed by atoms with van der Waals surface area (Å²) in [5.74, 6) is -0.160. The van der Waals surface area contributed by atoms with Crippen LogP contribution in [0.2, 0.25) is 0 Å². The molecule has 0 radical (unpaired) electrons. The van der Waals surface area contributed by atoms with Crippen molar-refractivity contribution in [3.8, 4) is 5.75 Å². The molecule has 1 saturated heterocycles. The van der Waals surface area contributed by atoms with Gasteiger partial charge in [0.15, 0.2) is 0 Å². The van der Waals surface area contributed by atoms with Crippen molar-refractivity contribution < 1.29 is 14.7 Å². The number of carbonyl (C=O) groups excluding carboxylic acids is 2. The number of imide groups is 1. The summed E-state index contributed by atoms with van der Waals surface area (Å²) in [7, 11) is 0. The van der Waals surface area contributed by atoms with Crippen LogP contribution < -0.4 is 5.73 Å². The molecule has 0 unspecified atom stereocenters. The van der Waals surface area contributed by atoms with E-state index >= 15 is 0 Å². The van der Waals surface area contributed by atoms with E-state index in [1.54, 1.807) is 18.2 Å². The first-order chi connectivity index (χ1) is 8.61. The fourth-order valence-corrected chi connectivity index (χ4v) is 2.41. The van der Waals surface area contributed by atoms with E-state index in [0.29, 0.717) is 4.91 Å². The van der Waals surface area contributed by atoms with Gasteiger partial charge in [0.2, 0.25) is 0 Å². The second-order valence-corrected chi connectivity index (χ2v) is 4.71. The van der Waals surface area contributed by atoms with Gasteiger partial charge in [0.1, 0.15) is 5.75 Å². The standard InChI is InChI=1S/C12H12N2O3S/c13-5-6-14-11(16)10(18-12(14)17)7-8-1-3-9(15)4-2-8/h1-4,7,15H,5-6,13H2/b10-7-. The lowest BCUT2D eigenvalue weighted by Crippen LogP contribution is -2.33. The van der Waals surface area contributed by atoms with E-state index < -0.39 is 0 Å². The molecule has 1 aliphatic heterocycles. The van der Waals surface area contributed by atoms with Crippen LogP contribution in [0.5, 0.6) is 5.75 Å². The molecule has 2 rings (SSSR count). The third-order valence-corrected chi connectivity index (χ3v) is 3.32. The van der Waals surface area contributed by atoms with Gasteiger partial charge in [0.25, 0.3) is 11.1 Å². The monoisotopic (exact) mass is 264 g/mol. The molecular formula is C12H12N2O3S. The molecule has 5 nitrogen and oxygen atoms in total. The summed E-state index contributed by atoms with van der Waals surface area (Å²) < 4.78 is 0. The van der Waals surface area contributed by atoms with Crippen LogP contribution in [0.3, 0.4) is 0 Å². The first-order valence-electron chi connectivity index (χ1n) is 5.36. The van der Waals surface area contributed by atoms with Gasteiger partial charge in [0.05, 0.1) is 4.91 Å². The Morgan fingerprint density at radius 1 is 1.28 bits per heavy atom. The fraction of sp³-hybridized carbons (Fsp3) is 0.167. The molecule has 94 valence electrons. The Balaban J connectivity index is 2.22. The van der Waals surface area contributed by atoms with Crippen molar-refractivity contribution in [1.29, 1.82) is 0 Å². The lowest BCUT2D eigenvalue weighted by Gasteiger charge is -2.09. The van der Waals surface area contributed by atoms with E-state index in [1.807, 2.05) is 0 Å². The number of carbonyl (C=O) groups is 2. The largest absolute Gasteiger partial charge is 0.508 e. The summed E-state index contributed by atoms with van der Waals surface area (Å²) in [6.07, 6.45) is 1.63. The number of nitrogens with two attached hydrogens (primary N) is 1. The van der Waals surface area contributed by atoms with Crippen LogP contribution in [0.4, 0.5) is 4.79 Å². The Kier molecular flexibility index (Phi) is 3.69. The normalized spacial score (nSPS) is 17.8. The maximum Gasteiger partial charge on any atom is 0.293 e. The predicted octanol–water partition coefficient (Wildman–Crippen LogP) is 1.39. The van der Waals surface area contributed by atoms with E-state index in [0.717, 1.165) is 22.2 Å². The topological polar surface area (TPSA) is 83.6 Å². The van der Waals surface area contributed by atoms with Crippen molar-refractivity contribution in [1.82, 2.24) is 4.90 Å². The van der Waals surface area contributed by atoms with Crippen LogP contribution in [0, 0.1) is 0 Å². The Morgan fingerprint density at radius 3 is 2.56 bits per heavy atom. The molecular weight excluding hydrogens is 252 g/mol. The lowest BCUT2D eigenvalue weighted by molar-refractivity contribution is -0.122. The van der Waals surface area contributed by atoms with Gasteiger partial charge in [-0.3, -0.25) is 14.5 Å². The predicted molar refractivity (Wildman–Crippen MR) is 69.8 cm³/mol. The highest BCUT2D eigenvalue weighted by Crippen LogP contribution is 2.31. The second-order valence-electron chi connectivity index (χ2n) is 3.71. The number of rotatable bonds is 3. The number of phenols is 1. The van der Waals surface area contributed by atoms with Crippen molar-refractivity contribution in [2.45, 2.75) is 0 Å². The molecule has 0 atom stereocenters. The third-order valence-electron chi connectivity index (χ3n) is 2.42. The number of hydrogen-bond acceptors (Lipinski definition) is 5. The summed E-state index contributed by atoms with van der Waals surface area (Å²) in [5.41, 5.74) is 6.10. The zero-order chi connectivity index (χ0) is 13.1. The molecule has 18 heavy (non-hydrogen) atoms. The average Bonchev–Trinajstić information content (AvgIpc) is 2.60. The van der Waals surface area contributed by atoms with E-state index in [4.69, 9.17) is 10.8 Å². The van der Waals surface area contributed by atoms with Crippen molar-refractivity contribution in [2.75, 3.05) is 13.1 Å². The van der Waals surface area contributed by atoms with Gasteiger partial charge < -0.3 is 10.8 Å². The molecule has 1 aliphatic rings. The highest BCUT2D eigenvalue weighted by atomic mass is 32.2. The van der Waals surface area contributed by atoms with Crippen molar-refractivity contribution >= 4 is 29.0 Å². The smallest absolute Gasteiger partial charge is 0.293 e. The molecule has 2 amide bonds. The van der Waals surface area contributed by atoms with Gasteiger partial charge >= 0.3 is 0 Å². The molecule has 0 spiro atoms. The van der Waals surface area contributed by atoms with E-state index in [9.17, 15) is 9.59 Å². The highest BCUT2D eigenvalue weighted by molar-refractivity contribution is 8.18. The number of phenolic OH excluding ortho intramolecular Hbond substituents is 1. The fourth-order valence-electron chi connectivity index (χ4n) is 1.54. The van der Waals surface area contributed by atoms with E-state index in [-0.39, 0.29) is 30.0 Å². The van der Waals surface area contributed by atoms with Crippen LogP contribution in [-0.4, -0.2) is 34.2 Å². The number of thioether (sulfide) groups is 1. The number of nitrogens with zero attached hydrogens (tertiary/aromatic N) is 1. The van der Waals surface area contributed by atoms with Crippen LogP contribution in [-0.2, 0) is 4.79 Å². The van der Waals surface area contributed by atoms with Crippen molar-refractivity contribution in [3.05, 3.63) is 34.7 Å². The number of hydrogen-bond donors (Lipinski definition) is 2. The minimum atomic E-state index is -0.316. The molecule has 3 N–H and O–H groups in total. The zero-order valence-electron chi connectivity index (χ0n) is 9.50. The van der Waals surface area contributed by atoms with Crippen molar-refractivity contribution in [2.24, 2.45) is 5.73 Å². The van der Waals surface area contributed by atoms with E-state index in [1.165, 1.54) is 12.1 Å². The number of benzene rings is 1. The summed E-state index contributed by atoms with van der Waals surface area (Å²) in [5, 5.41) is 8.86. The van der Waals surface area contributed by atoms with Crippen LogP contribution in [0.15, 0.2) is 29.2 Å². The molecule has 6 heteroatoms. The maximum absolute atomic E-state index is 11.9. The van der Waals surface area contributed by atoms with Crippen LogP contribution in [0.25, 0.3) is 6.08 Å². The first kappa shape index (κ1) is 12.7. The van der Waals surface area contributed by atoms with E-state index in [2.05, 4.69) is 0 Å². The van der Waals surface area contributed by atoms with Crippen LogP contribution in [0.1, 0.15) is 5.56 Å². The second kappa shape index (κ2) is 5.24. The minimum Gasteiger partial charge on any atom is -0.508 e. The van der Waals surface area contributed by atoms with Gasteiger partial charge in [0, 0.05) is 13.1 Å². The summed E-state index contributed by atoms with van der Waals surface area (Å²) in [6, 6.07) is 6.39. The Hall–Kier alpha value is -1.79. The highest BCUT2D eigenvalue weighted by Gasteiger charge is 2.34. The summed E-state index contributed by atoms with van der Waals surface area (Å²) in [4.78, 5) is 25.0. The molecule has 1 aromatic rings. The third kappa shape index (κ3) is 2.55. The van der Waals surface area contributed by atoms with Gasteiger partial charge in [-0.25, -0.2) is 0 Å². The maximum atomic E-state index is 11.9. The summed E-state index contributed by atoms with van der Waals surface area (Å²) in [6.45, 7) is 0.488. The number of aromatic hydroxyl groups is 1. The summed E-state index contributed by atoms with van der Waals surface area (Å²) >= 11 is 0.901. The Bertz CT molecular complexity index is 511. The Labute approximate surface area is 108 Å². The average molecular weight is 264 g/mol. The Morgan fingerprint density at radius 2 is 1.94 bits per heavy atom. The molecule has 1 aromatic carbocycles. The van der Waals surface area contributed by atoms with Gasteiger partial charge in [-0.2, -0.15) is 0 Å². The molecule has 0 saturated carbocycles. The molecule has 0 bridgehead atoms. The van der Waals surface area contributed by atoms with Crippen molar-refractivity contribution in [3.63, 3.8) is 0 Å². The SMILES string of the molecule is NCCN1C(=O)S/C(=C\c2ccc(O)cc2)C1=O. The molecule has 1 fully saturated rings. The molecule has 0 aliphatic carbocycles. The molecule has 0 aromatic heterocycles. The first-order valence-corrected chi connectivity index (χ1v) is 6.18. The lowest BCUT2D eigenvalue weighted by atomic mass is 10.2. The zero-order valence-corrected chi connectivity index (χ0v) is 10.3.